The molecule has 3 aromatic rings. The van der Waals surface area contributed by atoms with Crippen molar-refractivity contribution in [2.75, 3.05) is 18.0 Å². The van der Waals surface area contributed by atoms with E-state index in [1.54, 1.807) is 12.4 Å². The highest BCUT2D eigenvalue weighted by atomic mass is 16.3. The number of aromatic nitrogens is 3. The van der Waals surface area contributed by atoms with E-state index in [2.05, 4.69) is 16.0 Å². The van der Waals surface area contributed by atoms with Crippen molar-refractivity contribution in [3.8, 4) is 11.4 Å². The first kappa shape index (κ1) is 16.0. The summed E-state index contributed by atoms with van der Waals surface area (Å²) in [4.78, 5) is 16.1. The Bertz CT molecular complexity index is 866. The smallest absolute Gasteiger partial charge is 0.163 e. The molecular formula is C20H22N4O. The Morgan fingerprint density at radius 3 is 2.84 bits per heavy atom. The fourth-order valence-electron chi connectivity index (χ4n) is 3.52. The summed E-state index contributed by atoms with van der Waals surface area (Å²) < 4.78 is 0. The molecule has 0 aliphatic carbocycles. The number of fused-ring (bicyclic) bond motifs is 1. The normalized spacial score (nSPS) is 19.1. The van der Waals surface area contributed by atoms with Gasteiger partial charge in [0.2, 0.25) is 0 Å². The molecule has 0 saturated carbocycles. The molecule has 128 valence electrons. The number of aliphatic hydroxyl groups excluding tert-OH is 1. The van der Waals surface area contributed by atoms with E-state index >= 15 is 0 Å². The standard InChI is InChI=1S/C20H22N4O/c1-14(25)16-7-5-11-24(13-16)20-17-8-2-3-9-18(17)22-19(23-20)15-6-4-10-21-12-15/h2-4,6,8-10,12,14,16,25H,5,7,11,13H2,1H3. The number of piperidine rings is 1. The van der Waals surface area contributed by atoms with E-state index in [-0.39, 0.29) is 12.0 Å². The SMILES string of the molecule is CC(O)C1CCCN(c2nc(-c3cccnc3)nc3ccccc23)C1. The first-order chi connectivity index (χ1) is 12.2. The Morgan fingerprint density at radius 2 is 2.04 bits per heavy atom. The summed E-state index contributed by atoms with van der Waals surface area (Å²) in [7, 11) is 0. The van der Waals surface area contributed by atoms with Crippen LogP contribution in [0.3, 0.4) is 0 Å². The van der Waals surface area contributed by atoms with Gasteiger partial charge in [-0.1, -0.05) is 12.1 Å². The van der Waals surface area contributed by atoms with Gasteiger partial charge in [0.05, 0.1) is 11.6 Å². The molecule has 1 aromatic carbocycles. The van der Waals surface area contributed by atoms with Crippen LogP contribution in [-0.4, -0.2) is 39.3 Å². The molecule has 1 fully saturated rings. The average molecular weight is 334 g/mol. The second kappa shape index (κ2) is 6.76. The van der Waals surface area contributed by atoms with E-state index in [9.17, 15) is 5.11 Å². The summed E-state index contributed by atoms with van der Waals surface area (Å²) >= 11 is 0. The zero-order valence-corrected chi connectivity index (χ0v) is 14.3. The van der Waals surface area contributed by atoms with Crippen LogP contribution in [-0.2, 0) is 0 Å². The average Bonchev–Trinajstić information content (AvgIpc) is 2.68. The van der Waals surface area contributed by atoms with Crippen LogP contribution in [0.25, 0.3) is 22.3 Å². The predicted octanol–water partition coefficient (Wildman–Crippen LogP) is 3.29. The molecule has 4 rings (SSSR count). The molecule has 2 aromatic heterocycles. The van der Waals surface area contributed by atoms with Crippen LogP contribution in [0.1, 0.15) is 19.8 Å². The van der Waals surface area contributed by atoms with E-state index in [1.165, 1.54) is 0 Å². The highest BCUT2D eigenvalue weighted by Gasteiger charge is 2.26. The summed E-state index contributed by atoms with van der Waals surface area (Å²) in [5, 5.41) is 11.1. The van der Waals surface area contributed by atoms with Crippen molar-refractivity contribution in [1.82, 2.24) is 15.0 Å². The molecular weight excluding hydrogens is 312 g/mol. The number of aliphatic hydroxyl groups is 1. The minimum Gasteiger partial charge on any atom is -0.393 e. The first-order valence-corrected chi connectivity index (χ1v) is 8.82. The third kappa shape index (κ3) is 3.20. The summed E-state index contributed by atoms with van der Waals surface area (Å²) in [6.45, 7) is 3.66. The fraction of sp³-hybridized carbons (Fsp3) is 0.350. The van der Waals surface area contributed by atoms with Crippen molar-refractivity contribution in [3.05, 3.63) is 48.8 Å². The van der Waals surface area contributed by atoms with E-state index < -0.39 is 0 Å². The summed E-state index contributed by atoms with van der Waals surface area (Å²) in [6.07, 6.45) is 5.38. The molecule has 1 N–H and O–H groups in total. The van der Waals surface area contributed by atoms with Crippen LogP contribution in [0, 0.1) is 5.92 Å². The minimum absolute atomic E-state index is 0.282. The Balaban J connectivity index is 1.81. The lowest BCUT2D eigenvalue weighted by molar-refractivity contribution is 0.115. The van der Waals surface area contributed by atoms with Crippen LogP contribution >= 0.6 is 0 Å². The topological polar surface area (TPSA) is 62.1 Å². The second-order valence-electron chi connectivity index (χ2n) is 6.72. The van der Waals surface area contributed by atoms with Crippen LogP contribution in [0.2, 0.25) is 0 Å². The second-order valence-corrected chi connectivity index (χ2v) is 6.72. The largest absolute Gasteiger partial charge is 0.393 e. The zero-order valence-electron chi connectivity index (χ0n) is 14.3. The monoisotopic (exact) mass is 334 g/mol. The Kier molecular flexibility index (Phi) is 4.32. The van der Waals surface area contributed by atoms with Gasteiger partial charge in [-0.3, -0.25) is 4.98 Å². The number of para-hydroxylation sites is 1. The molecule has 5 heteroatoms. The van der Waals surface area contributed by atoms with Gasteiger partial charge in [-0.2, -0.15) is 0 Å². The molecule has 1 aliphatic rings. The molecule has 25 heavy (non-hydrogen) atoms. The first-order valence-electron chi connectivity index (χ1n) is 8.82. The molecule has 0 bridgehead atoms. The summed E-state index contributed by atoms with van der Waals surface area (Å²) in [6, 6.07) is 12.0. The van der Waals surface area contributed by atoms with Crippen molar-refractivity contribution in [3.63, 3.8) is 0 Å². The molecule has 0 radical (unpaired) electrons. The summed E-state index contributed by atoms with van der Waals surface area (Å²) in [5.41, 5.74) is 1.85. The number of benzene rings is 1. The summed E-state index contributed by atoms with van der Waals surface area (Å²) in [5.74, 6) is 1.93. The van der Waals surface area contributed by atoms with Gasteiger partial charge in [0.15, 0.2) is 5.82 Å². The zero-order chi connectivity index (χ0) is 17.2. The van der Waals surface area contributed by atoms with Crippen molar-refractivity contribution < 1.29 is 5.11 Å². The molecule has 0 spiro atoms. The van der Waals surface area contributed by atoms with Crippen LogP contribution in [0.4, 0.5) is 5.82 Å². The maximum Gasteiger partial charge on any atom is 0.163 e. The van der Waals surface area contributed by atoms with Gasteiger partial charge in [-0.15, -0.1) is 0 Å². The molecule has 5 nitrogen and oxygen atoms in total. The van der Waals surface area contributed by atoms with Crippen LogP contribution in [0.5, 0.6) is 0 Å². The fourth-order valence-corrected chi connectivity index (χ4v) is 3.52. The number of anilines is 1. The van der Waals surface area contributed by atoms with Crippen molar-refractivity contribution in [1.29, 1.82) is 0 Å². The lowest BCUT2D eigenvalue weighted by atomic mass is 9.93. The minimum atomic E-state index is -0.298. The Morgan fingerprint density at radius 1 is 1.16 bits per heavy atom. The lowest BCUT2D eigenvalue weighted by Crippen LogP contribution is -2.40. The van der Waals surface area contributed by atoms with Crippen molar-refractivity contribution >= 4 is 16.7 Å². The van der Waals surface area contributed by atoms with Gasteiger partial charge in [-0.25, -0.2) is 9.97 Å². The number of hydrogen-bond acceptors (Lipinski definition) is 5. The van der Waals surface area contributed by atoms with Crippen molar-refractivity contribution in [2.45, 2.75) is 25.9 Å². The number of rotatable bonds is 3. The third-order valence-electron chi connectivity index (χ3n) is 4.94. The van der Waals surface area contributed by atoms with Gasteiger partial charge < -0.3 is 10.0 Å². The highest BCUT2D eigenvalue weighted by molar-refractivity contribution is 5.91. The number of hydrogen-bond donors (Lipinski definition) is 1. The number of nitrogens with zero attached hydrogens (tertiary/aromatic N) is 4. The van der Waals surface area contributed by atoms with E-state index in [0.29, 0.717) is 5.82 Å². The molecule has 3 heterocycles. The number of pyridine rings is 1. The van der Waals surface area contributed by atoms with E-state index in [1.807, 2.05) is 37.3 Å². The highest BCUT2D eigenvalue weighted by Crippen LogP contribution is 2.31. The molecule has 2 atom stereocenters. The van der Waals surface area contributed by atoms with E-state index in [4.69, 9.17) is 9.97 Å². The van der Waals surface area contributed by atoms with Crippen LogP contribution < -0.4 is 4.90 Å². The van der Waals surface area contributed by atoms with E-state index in [0.717, 1.165) is 48.2 Å². The van der Waals surface area contributed by atoms with Crippen molar-refractivity contribution in [2.24, 2.45) is 5.92 Å². The molecule has 1 saturated heterocycles. The maximum atomic E-state index is 10.0. The van der Waals surface area contributed by atoms with Gasteiger partial charge in [-0.05, 0) is 44.0 Å². The van der Waals surface area contributed by atoms with Gasteiger partial charge in [0.25, 0.3) is 0 Å². The van der Waals surface area contributed by atoms with Gasteiger partial charge in [0.1, 0.15) is 5.82 Å². The quantitative estimate of drug-likeness (QED) is 0.796. The van der Waals surface area contributed by atoms with Gasteiger partial charge in [0, 0.05) is 42.4 Å². The van der Waals surface area contributed by atoms with Gasteiger partial charge >= 0.3 is 0 Å². The molecule has 2 unspecified atom stereocenters. The lowest BCUT2D eigenvalue weighted by Gasteiger charge is -2.35. The Hall–Kier alpha value is -2.53. The predicted molar refractivity (Wildman–Crippen MR) is 99.4 cm³/mol. The Labute approximate surface area is 147 Å². The third-order valence-corrected chi connectivity index (χ3v) is 4.94. The maximum absolute atomic E-state index is 10.0. The van der Waals surface area contributed by atoms with Crippen LogP contribution in [0.15, 0.2) is 48.8 Å². The molecule has 1 aliphatic heterocycles. The molecule has 0 amide bonds.